The number of hydrogen-bond acceptors (Lipinski definition) is 6. The highest BCUT2D eigenvalue weighted by Gasteiger charge is 2.34. The third kappa shape index (κ3) is 3.50. The Balaban J connectivity index is 2.44. The highest BCUT2D eigenvalue weighted by Crippen LogP contribution is 2.19. The Bertz CT molecular complexity index is 274. The Labute approximate surface area is 82.9 Å². The predicted molar refractivity (Wildman–Crippen MR) is 47.1 cm³/mol. The molecule has 14 heavy (non-hydrogen) atoms. The van der Waals surface area contributed by atoms with Crippen LogP contribution in [-0.2, 0) is 23.8 Å². The van der Waals surface area contributed by atoms with Crippen LogP contribution in [-0.4, -0.2) is 51.5 Å². The van der Waals surface area contributed by atoms with Gasteiger partial charge in [-0.2, -0.15) is 8.42 Å². The van der Waals surface area contributed by atoms with Crippen molar-refractivity contribution in [1.29, 1.82) is 0 Å². The van der Waals surface area contributed by atoms with Crippen LogP contribution < -0.4 is 0 Å². The summed E-state index contributed by atoms with van der Waals surface area (Å²) < 4.78 is 36.2. The molecule has 84 valence electrons. The van der Waals surface area contributed by atoms with E-state index in [9.17, 15) is 8.42 Å². The van der Waals surface area contributed by atoms with Crippen LogP contribution in [0.2, 0.25) is 0 Å². The van der Waals surface area contributed by atoms with Crippen molar-refractivity contribution >= 4 is 10.1 Å². The predicted octanol–water partition coefficient (Wildman–Crippen LogP) is -0.915. The van der Waals surface area contributed by atoms with Crippen molar-refractivity contribution in [2.45, 2.75) is 25.4 Å². The molecular weight excluding hydrogens is 212 g/mol. The molecule has 1 aliphatic rings. The van der Waals surface area contributed by atoms with Gasteiger partial charge in [0.1, 0.15) is 12.2 Å². The highest BCUT2D eigenvalue weighted by molar-refractivity contribution is 7.85. The molecule has 6 nitrogen and oxygen atoms in total. The zero-order valence-electron chi connectivity index (χ0n) is 8.04. The summed E-state index contributed by atoms with van der Waals surface area (Å²) in [6.07, 6.45) is -0.544. The van der Waals surface area contributed by atoms with Gasteiger partial charge in [-0.05, 0) is 6.92 Å². The number of aliphatic hydroxyl groups is 1. The molecule has 1 saturated heterocycles. The van der Waals surface area contributed by atoms with Crippen molar-refractivity contribution in [2.24, 2.45) is 0 Å². The lowest BCUT2D eigenvalue weighted by molar-refractivity contribution is -0.0586. The molecule has 0 aliphatic carbocycles. The average Bonchev–Trinajstić information content (AvgIpc) is 2.41. The van der Waals surface area contributed by atoms with E-state index in [4.69, 9.17) is 14.6 Å². The summed E-state index contributed by atoms with van der Waals surface area (Å²) in [7, 11) is -3.48. The smallest absolute Gasteiger partial charge is 0.264 e. The molecule has 3 atom stereocenters. The van der Waals surface area contributed by atoms with Crippen LogP contribution in [0.15, 0.2) is 0 Å². The molecule has 1 aliphatic heterocycles. The quantitative estimate of drug-likeness (QED) is 0.625. The Morgan fingerprint density at radius 2 is 1.93 bits per heavy atom. The van der Waals surface area contributed by atoms with Crippen molar-refractivity contribution in [3.8, 4) is 0 Å². The van der Waals surface area contributed by atoms with E-state index in [0.29, 0.717) is 0 Å². The third-order valence-electron chi connectivity index (χ3n) is 1.77. The lowest BCUT2D eigenvalue weighted by Gasteiger charge is -2.13. The van der Waals surface area contributed by atoms with Gasteiger partial charge in [0.25, 0.3) is 10.1 Å². The number of aliphatic hydroxyl groups excluding tert-OH is 1. The molecule has 0 aromatic carbocycles. The molecule has 1 heterocycles. The van der Waals surface area contributed by atoms with Crippen LogP contribution in [0, 0.1) is 0 Å². The molecule has 0 radical (unpaired) electrons. The van der Waals surface area contributed by atoms with Gasteiger partial charge in [0, 0.05) is 0 Å². The maximum Gasteiger partial charge on any atom is 0.264 e. The largest absolute Gasteiger partial charge is 0.394 e. The topological polar surface area (TPSA) is 82.1 Å². The van der Waals surface area contributed by atoms with Crippen molar-refractivity contribution in [3.63, 3.8) is 0 Å². The molecule has 1 unspecified atom stereocenters. The minimum atomic E-state index is -3.48. The van der Waals surface area contributed by atoms with Gasteiger partial charge in [-0.15, -0.1) is 0 Å². The molecule has 0 aromatic heterocycles. The van der Waals surface area contributed by atoms with E-state index >= 15 is 0 Å². The van der Waals surface area contributed by atoms with Crippen molar-refractivity contribution in [3.05, 3.63) is 0 Å². The van der Waals surface area contributed by atoms with Gasteiger partial charge in [-0.3, -0.25) is 4.18 Å². The maximum atomic E-state index is 10.7. The fourth-order valence-corrected chi connectivity index (χ4v) is 1.58. The van der Waals surface area contributed by atoms with Gasteiger partial charge in [0.15, 0.2) is 6.29 Å². The van der Waals surface area contributed by atoms with Crippen LogP contribution in [0.3, 0.4) is 0 Å². The normalized spacial score (nSPS) is 33.5. The van der Waals surface area contributed by atoms with E-state index in [1.165, 1.54) is 0 Å². The monoisotopic (exact) mass is 226 g/mol. The summed E-state index contributed by atoms with van der Waals surface area (Å²) in [5.74, 6) is 0. The summed E-state index contributed by atoms with van der Waals surface area (Å²) in [5, 5.41) is 8.87. The van der Waals surface area contributed by atoms with Crippen LogP contribution >= 0.6 is 0 Å². The second kappa shape index (κ2) is 4.54. The van der Waals surface area contributed by atoms with Crippen LogP contribution in [0.25, 0.3) is 0 Å². The molecule has 0 bridgehead atoms. The molecule has 0 saturated carbocycles. The lowest BCUT2D eigenvalue weighted by Crippen LogP contribution is -2.31. The summed E-state index contributed by atoms with van der Waals surface area (Å²) in [6, 6.07) is 0. The zero-order chi connectivity index (χ0) is 10.8. The summed E-state index contributed by atoms with van der Waals surface area (Å²) in [4.78, 5) is 0. The molecule has 0 amide bonds. The lowest BCUT2D eigenvalue weighted by atomic mass is 10.2. The second-order valence-electron chi connectivity index (χ2n) is 3.09. The van der Waals surface area contributed by atoms with Gasteiger partial charge in [-0.25, -0.2) is 0 Å². The SMILES string of the molecule is CC1O[C@H](CO)[C@@H](COS(C)(=O)=O)O1. The Morgan fingerprint density at radius 1 is 1.36 bits per heavy atom. The molecule has 0 spiro atoms. The first-order valence-corrected chi connectivity index (χ1v) is 6.00. The van der Waals surface area contributed by atoms with Crippen LogP contribution in [0.1, 0.15) is 6.92 Å². The van der Waals surface area contributed by atoms with E-state index < -0.39 is 28.6 Å². The Morgan fingerprint density at radius 3 is 2.43 bits per heavy atom. The molecule has 1 N–H and O–H groups in total. The van der Waals surface area contributed by atoms with Gasteiger partial charge < -0.3 is 14.6 Å². The number of hydrogen-bond donors (Lipinski definition) is 1. The molecule has 0 aromatic rings. The summed E-state index contributed by atoms with van der Waals surface area (Å²) >= 11 is 0. The first-order valence-electron chi connectivity index (χ1n) is 4.18. The van der Waals surface area contributed by atoms with Crippen LogP contribution in [0.4, 0.5) is 0 Å². The standard InChI is InChI=1S/C7H14O6S/c1-5-12-6(3-8)7(13-5)4-11-14(2,9)10/h5-8H,3-4H2,1-2H3/t5?,6-,7-/m1/s1. The maximum absolute atomic E-state index is 10.7. The average molecular weight is 226 g/mol. The highest BCUT2D eigenvalue weighted by atomic mass is 32.2. The van der Waals surface area contributed by atoms with Crippen molar-refractivity contribution < 1.29 is 27.2 Å². The molecule has 1 rings (SSSR count). The minimum Gasteiger partial charge on any atom is -0.394 e. The van der Waals surface area contributed by atoms with Gasteiger partial charge >= 0.3 is 0 Å². The summed E-state index contributed by atoms with van der Waals surface area (Å²) in [6.45, 7) is 1.32. The fraction of sp³-hybridized carbons (Fsp3) is 1.00. The number of rotatable bonds is 4. The minimum absolute atomic E-state index is 0.131. The van der Waals surface area contributed by atoms with E-state index in [2.05, 4.69) is 4.18 Å². The molecular formula is C7H14O6S. The first-order chi connectivity index (χ1) is 6.42. The second-order valence-corrected chi connectivity index (χ2v) is 4.73. The van der Waals surface area contributed by atoms with Gasteiger partial charge in [-0.1, -0.05) is 0 Å². The molecule has 1 fully saturated rings. The zero-order valence-corrected chi connectivity index (χ0v) is 8.86. The van der Waals surface area contributed by atoms with Gasteiger partial charge in [0.05, 0.1) is 19.5 Å². The third-order valence-corrected chi connectivity index (χ3v) is 2.34. The van der Waals surface area contributed by atoms with E-state index in [1.807, 2.05) is 0 Å². The van der Waals surface area contributed by atoms with E-state index in [0.717, 1.165) is 6.26 Å². The summed E-state index contributed by atoms with van der Waals surface area (Å²) in [5.41, 5.74) is 0. The molecule has 7 heteroatoms. The Hall–Kier alpha value is -0.210. The van der Waals surface area contributed by atoms with Crippen molar-refractivity contribution in [1.82, 2.24) is 0 Å². The van der Waals surface area contributed by atoms with Crippen molar-refractivity contribution in [2.75, 3.05) is 19.5 Å². The number of ether oxygens (including phenoxy) is 2. The van der Waals surface area contributed by atoms with Crippen LogP contribution in [0.5, 0.6) is 0 Å². The Kier molecular flexibility index (Phi) is 3.85. The first kappa shape index (κ1) is 11.9. The van der Waals surface area contributed by atoms with E-state index in [-0.39, 0.29) is 13.2 Å². The van der Waals surface area contributed by atoms with Gasteiger partial charge in [0.2, 0.25) is 0 Å². The fourth-order valence-electron chi connectivity index (χ4n) is 1.20. The van der Waals surface area contributed by atoms with E-state index in [1.54, 1.807) is 6.92 Å².